The third-order valence-electron chi connectivity index (χ3n) is 3.51. The summed E-state index contributed by atoms with van der Waals surface area (Å²) in [6, 6.07) is 6.67. The average molecular weight is 375 g/mol. The summed E-state index contributed by atoms with van der Waals surface area (Å²) in [4.78, 5) is 15.3. The van der Waals surface area contributed by atoms with Crippen molar-refractivity contribution in [1.29, 1.82) is 0 Å². The number of nitrogens with zero attached hydrogens (tertiary/aromatic N) is 4. The summed E-state index contributed by atoms with van der Waals surface area (Å²) in [5, 5.41) is 6.76. The molecule has 136 valence electrons. The summed E-state index contributed by atoms with van der Waals surface area (Å²) < 4.78 is 32.0. The van der Waals surface area contributed by atoms with Crippen LogP contribution in [0.5, 0.6) is 5.75 Å². The molecule has 3 aromatic rings. The van der Waals surface area contributed by atoms with Crippen LogP contribution in [0.15, 0.2) is 42.9 Å². The van der Waals surface area contributed by atoms with Crippen LogP contribution in [0.3, 0.4) is 0 Å². The number of carbonyl (C=O) groups is 1. The molecule has 1 N–H and O–H groups in total. The van der Waals surface area contributed by atoms with Gasteiger partial charge in [0, 0.05) is 39.0 Å². The Hall–Kier alpha value is -2.98. The van der Waals surface area contributed by atoms with Crippen molar-refractivity contribution in [1.82, 2.24) is 18.9 Å². The molecule has 0 aliphatic carbocycles. The fraction of sp³-hybridized carbons (Fsp3) is 0.188. The lowest BCUT2D eigenvalue weighted by molar-refractivity contribution is -0.114. The van der Waals surface area contributed by atoms with Crippen molar-refractivity contribution in [3.05, 3.63) is 42.9 Å². The number of fused-ring (bicyclic) bond motifs is 1. The minimum Gasteiger partial charge on any atom is -0.368 e. The number of rotatable bonds is 5. The fourth-order valence-corrected chi connectivity index (χ4v) is 2.78. The molecule has 0 aromatic carbocycles. The van der Waals surface area contributed by atoms with Gasteiger partial charge in [-0.05, 0) is 29.8 Å². The molecule has 1 amide bonds. The summed E-state index contributed by atoms with van der Waals surface area (Å²) in [6.07, 6.45) is 4.83. The third-order valence-corrected chi connectivity index (χ3v) is 4.79. The first kappa shape index (κ1) is 17.8. The molecule has 0 saturated heterocycles. The van der Waals surface area contributed by atoms with Crippen molar-refractivity contribution >= 4 is 27.5 Å². The van der Waals surface area contributed by atoms with E-state index in [9.17, 15) is 13.2 Å². The van der Waals surface area contributed by atoms with Crippen molar-refractivity contribution in [3.63, 3.8) is 0 Å². The Morgan fingerprint density at radius 3 is 2.65 bits per heavy atom. The highest BCUT2D eigenvalue weighted by Gasteiger charge is 2.19. The number of aromatic nitrogens is 3. The summed E-state index contributed by atoms with van der Waals surface area (Å²) in [5.74, 6) is 0.295. The van der Waals surface area contributed by atoms with Crippen molar-refractivity contribution in [2.75, 3.05) is 19.4 Å². The Balaban J connectivity index is 2.09. The van der Waals surface area contributed by atoms with Gasteiger partial charge in [0.25, 0.3) is 0 Å². The lowest BCUT2D eigenvalue weighted by Gasteiger charge is -2.14. The van der Waals surface area contributed by atoms with Gasteiger partial charge in [-0.15, -0.1) is 0 Å². The van der Waals surface area contributed by atoms with E-state index < -0.39 is 10.3 Å². The monoisotopic (exact) mass is 375 g/mol. The SMILES string of the molecule is CC(=O)Nc1cc(-c2cc(OS(=O)(=O)N(C)C)c3ccnn3c2)ccn1. The molecule has 0 aliphatic heterocycles. The summed E-state index contributed by atoms with van der Waals surface area (Å²) in [6.45, 7) is 1.39. The van der Waals surface area contributed by atoms with E-state index in [1.54, 1.807) is 42.9 Å². The topological polar surface area (TPSA) is 106 Å². The fourth-order valence-electron chi connectivity index (χ4n) is 2.27. The van der Waals surface area contributed by atoms with Gasteiger partial charge in [0.1, 0.15) is 11.3 Å². The van der Waals surface area contributed by atoms with Crippen LogP contribution in [0.25, 0.3) is 16.6 Å². The maximum atomic E-state index is 12.1. The Kier molecular flexibility index (Phi) is 4.62. The molecule has 0 fully saturated rings. The molecule has 10 heteroatoms. The van der Waals surface area contributed by atoms with E-state index >= 15 is 0 Å². The summed E-state index contributed by atoms with van der Waals surface area (Å²) >= 11 is 0. The normalized spacial score (nSPS) is 11.7. The predicted octanol–water partition coefficient (Wildman–Crippen LogP) is 1.54. The molecular weight excluding hydrogens is 358 g/mol. The van der Waals surface area contributed by atoms with Gasteiger partial charge in [-0.2, -0.15) is 17.8 Å². The van der Waals surface area contributed by atoms with Gasteiger partial charge >= 0.3 is 10.3 Å². The molecule has 9 nitrogen and oxygen atoms in total. The lowest BCUT2D eigenvalue weighted by Crippen LogP contribution is -2.27. The van der Waals surface area contributed by atoms with E-state index in [0.29, 0.717) is 22.5 Å². The second-order valence-electron chi connectivity index (χ2n) is 5.69. The second-order valence-corrected chi connectivity index (χ2v) is 7.44. The van der Waals surface area contributed by atoms with Crippen LogP contribution < -0.4 is 9.50 Å². The molecule has 0 atom stereocenters. The maximum Gasteiger partial charge on any atom is 0.384 e. The average Bonchev–Trinajstić information content (AvgIpc) is 3.03. The molecular formula is C16H17N5O4S. The van der Waals surface area contributed by atoms with Crippen molar-refractivity contribution in [3.8, 4) is 16.9 Å². The first-order valence-corrected chi connectivity index (χ1v) is 8.96. The number of nitrogens with one attached hydrogen (secondary N) is 1. The molecule has 0 aliphatic rings. The van der Waals surface area contributed by atoms with Crippen LogP contribution in [0.4, 0.5) is 5.82 Å². The number of hydrogen-bond acceptors (Lipinski definition) is 6. The van der Waals surface area contributed by atoms with Crippen LogP contribution in [-0.4, -0.2) is 47.3 Å². The highest BCUT2D eigenvalue weighted by Crippen LogP contribution is 2.29. The van der Waals surface area contributed by atoms with Crippen LogP contribution in [-0.2, 0) is 15.1 Å². The van der Waals surface area contributed by atoms with Crippen LogP contribution >= 0.6 is 0 Å². The smallest absolute Gasteiger partial charge is 0.368 e. The minimum absolute atomic E-state index is 0.145. The zero-order valence-corrected chi connectivity index (χ0v) is 15.2. The van der Waals surface area contributed by atoms with E-state index in [1.165, 1.54) is 25.5 Å². The molecule has 3 rings (SSSR count). The first-order chi connectivity index (χ1) is 12.3. The molecule has 26 heavy (non-hydrogen) atoms. The predicted molar refractivity (Wildman–Crippen MR) is 96.0 cm³/mol. The van der Waals surface area contributed by atoms with Gasteiger partial charge in [-0.3, -0.25) is 4.79 Å². The molecule has 3 aromatic heterocycles. The van der Waals surface area contributed by atoms with Crippen molar-refractivity contribution < 1.29 is 17.4 Å². The van der Waals surface area contributed by atoms with Crippen LogP contribution in [0.2, 0.25) is 0 Å². The van der Waals surface area contributed by atoms with E-state index in [-0.39, 0.29) is 11.7 Å². The summed E-state index contributed by atoms with van der Waals surface area (Å²) in [5.41, 5.74) is 1.88. The Morgan fingerprint density at radius 2 is 1.96 bits per heavy atom. The maximum absolute atomic E-state index is 12.1. The zero-order chi connectivity index (χ0) is 18.9. The molecule has 0 radical (unpaired) electrons. The van der Waals surface area contributed by atoms with E-state index in [4.69, 9.17) is 4.18 Å². The zero-order valence-electron chi connectivity index (χ0n) is 14.4. The molecule has 0 saturated carbocycles. The minimum atomic E-state index is -3.92. The van der Waals surface area contributed by atoms with Gasteiger partial charge in [0.05, 0.1) is 6.20 Å². The number of pyridine rings is 2. The van der Waals surface area contributed by atoms with Gasteiger partial charge in [0.15, 0.2) is 5.75 Å². The Morgan fingerprint density at radius 1 is 1.19 bits per heavy atom. The first-order valence-electron chi connectivity index (χ1n) is 7.59. The second kappa shape index (κ2) is 6.73. The Bertz CT molecular complexity index is 1080. The van der Waals surface area contributed by atoms with E-state index in [1.807, 2.05) is 0 Å². The van der Waals surface area contributed by atoms with Crippen LogP contribution in [0, 0.1) is 0 Å². The summed E-state index contributed by atoms with van der Waals surface area (Å²) in [7, 11) is -1.15. The quantitative estimate of drug-likeness (QED) is 0.725. The Labute approximate surface area is 150 Å². The van der Waals surface area contributed by atoms with Gasteiger partial charge in [-0.1, -0.05) is 0 Å². The van der Waals surface area contributed by atoms with Crippen LogP contribution in [0.1, 0.15) is 6.92 Å². The largest absolute Gasteiger partial charge is 0.384 e. The highest BCUT2D eigenvalue weighted by molar-refractivity contribution is 7.84. The third kappa shape index (κ3) is 3.65. The molecule has 3 heterocycles. The standard InChI is InChI=1S/C16H17N5O4S/c1-11(22)19-16-9-12(4-6-17-16)13-8-15(25-26(23,24)20(2)3)14-5-7-18-21(14)10-13/h4-10H,1-3H3,(H,17,19,22). The number of hydrogen-bond donors (Lipinski definition) is 1. The van der Waals surface area contributed by atoms with E-state index in [0.717, 1.165) is 4.31 Å². The molecule has 0 unspecified atom stereocenters. The number of anilines is 1. The number of amides is 1. The molecule has 0 bridgehead atoms. The van der Waals surface area contributed by atoms with Gasteiger partial charge in [-0.25, -0.2) is 9.50 Å². The number of carbonyl (C=O) groups excluding carboxylic acids is 1. The van der Waals surface area contributed by atoms with Crippen molar-refractivity contribution in [2.24, 2.45) is 0 Å². The van der Waals surface area contributed by atoms with Crippen molar-refractivity contribution in [2.45, 2.75) is 6.92 Å². The van der Waals surface area contributed by atoms with Gasteiger partial charge < -0.3 is 9.50 Å². The highest BCUT2D eigenvalue weighted by atomic mass is 32.2. The molecule has 0 spiro atoms. The van der Waals surface area contributed by atoms with Gasteiger partial charge in [0.2, 0.25) is 5.91 Å². The lowest BCUT2D eigenvalue weighted by atomic mass is 10.1. The van der Waals surface area contributed by atoms with E-state index in [2.05, 4.69) is 15.4 Å².